The summed E-state index contributed by atoms with van der Waals surface area (Å²) in [6, 6.07) is 3.52. The topological polar surface area (TPSA) is 37.8 Å². The number of rotatable bonds is 2. The Hall–Kier alpha value is -1.69. The number of aromatic nitrogens is 2. The molecule has 0 atom stereocenters. The van der Waals surface area contributed by atoms with Crippen molar-refractivity contribution in [3.8, 4) is 0 Å². The van der Waals surface area contributed by atoms with Gasteiger partial charge < -0.3 is 5.32 Å². The van der Waals surface area contributed by atoms with E-state index in [4.69, 9.17) is 0 Å². The summed E-state index contributed by atoms with van der Waals surface area (Å²) in [6.45, 7) is 2.18. The normalized spacial score (nSPS) is 12.1. The number of halogens is 3. The zero-order valence-electron chi connectivity index (χ0n) is 9.97. The Labute approximate surface area is 102 Å². The fourth-order valence-corrected chi connectivity index (χ4v) is 1.76. The van der Waals surface area contributed by atoms with Crippen molar-refractivity contribution in [1.29, 1.82) is 0 Å². The number of benzene rings is 1. The van der Waals surface area contributed by atoms with Gasteiger partial charge in [0.05, 0.1) is 17.6 Å². The smallest absolute Gasteiger partial charge is 0.313 e. The lowest BCUT2D eigenvalue weighted by Gasteiger charge is -2.09. The van der Waals surface area contributed by atoms with Crippen molar-refractivity contribution in [3.63, 3.8) is 0 Å². The monoisotopic (exact) mass is 255 g/mol. The lowest BCUT2D eigenvalue weighted by molar-refractivity contribution is -0.137. The third kappa shape index (κ3) is 2.43. The second-order valence-electron chi connectivity index (χ2n) is 3.99. The molecule has 0 aliphatic carbocycles. The van der Waals surface area contributed by atoms with Crippen LogP contribution < -0.4 is 5.32 Å². The van der Waals surface area contributed by atoms with Crippen LogP contribution in [0.2, 0.25) is 0 Å². The summed E-state index contributed by atoms with van der Waals surface area (Å²) in [5.74, 6) is 0.488. The van der Waals surface area contributed by atoms with Crippen molar-refractivity contribution >= 4 is 10.9 Å². The number of hydrogen-bond donors (Lipinski definition) is 1. The van der Waals surface area contributed by atoms with E-state index in [2.05, 4.69) is 15.3 Å². The SMILES string of the molecule is CNCc1nc(C)c2ccc(C(F)(F)F)cc2n1. The van der Waals surface area contributed by atoms with Gasteiger partial charge in [0.15, 0.2) is 0 Å². The third-order valence-electron chi connectivity index (χ3n) is 2.60. The second-order valence-corrected chi connectivity index (χ2v) is 3.99. The van der Waals surface area contributed by atoms with Crippen molar-refractivity contribution in [2.45, 2.75) is 19.6 Å². The fraction of sp³-hybridized carbons (Fsp3) is 0.333. The van der Waals surface area contributed by atoms with E-state index < -0.39 is 11.7 Å². The minimum atomic E-state index is -4.35. The van der Waals surface area contributed by atoms with Gasteiger partial charge in [-0.3, -0.25) is 0 Å². The van der Waals surface area contributed by atoms with Crippen LogP contribution in [0.1, 0.15) is 17.1 Å². The molecule has 6 heteroatoms. The number of hydrogen-bond acceptors (Lipinski definition) is 3. The lowest BCUT2D eigenvalue weighted by atomic mass is 10.1. The van der Waals surface area contributed by atoms with Crippen molar-refractivity contribution in [2.75, 3.05) is 7.05 Å². The number of aryl methyl sites for hydroxylation is 1. The molecule has 0 unspecified atom stereocenters. The third-order valence-corrected chi connectivity index (χ3v) is 2.60. The van der Waals surface area contributed by atoms with Crippen LogP contribution in [-0.2, 0) is 12.7 Å². The quantitative estimate of drug-likeness (QED) is 0.896. The highest BCUT2D eigenvalue weighted by atomic mass is 19.4. The molecule has 1 heterocycles. The Morgan fingerprint density at radius 3 is 2.56 bits per heavy atom. The van der Waals surface area contributed by atoms with Gasteiger partial charge in [-0.15, -0.1) is 0 Å². The van der Waals surface area contributed by atoms with Crippen LogP contribution >= 0.6 is 0 Å². The Morgan fingerprint density at radius 2 is 1.94 bits per heavy atom. The Balaban J connectivity index is 2.60. The van der Waals surface area contributed by atoms with Gasteiger partial charge in [-0.25, -0.2) is 9.97 Å². The first-order valence-electron chi connectivity index (χ1n) is 5.41. The maximum atomic E-state index is 12.6. The summed E-state index contributed by atoms with van der Waals surface area (Å²) in [6.07, 6.45) is -4.35. The zero-order chi connectivity index (χ0) is 13.3. The summed E-state index contributed by atoms with van der Waals surface area (Å²) >= 11 is 0. The molecular weight excluding hydrogens is 243 g/mol. The first kappa shape index (κ1) is 12.8. The summed E-state index contributed by atoms with van der Waals surface area (Å²) in [5, 5.41) is 3.52. The molecule has 2 rings (SSSR count). The Kier molecular flexibility index (Phi) is 3.21. The van der Waals surface area contributed by atoms with Gasteiger partial charge in [-0.05, 0) is 26.1 Å². The number of nitrogens with one attached hydrogen (secondary N) is 1. The molecule has 0 bridgehead atoms. The van der Waals surface area contributed by atoms with Crippen molar-refractivity contribution in [1.82, 2.24) is 15.3 Å². The van der Waals surface area contributed by atoms with Gasteiger partial charge in [-0.2, -0.15) is 13.2 Å². The molecule has 0 fully saturated rings. The van der Waals surface area contributed by atoms with Gasteiger partial charge in [0, 0.05) is 11.1 Å². The molecule has 3 nitrogen and oxygen atoms in total. The molecule has 0 amide bonds. The molecule has 0 radical (unpaired) electrons. The van der Waals surface area contributed by atoms with E-state index in [9.17, 15) is 13.2 Å². The van der Waals surface area contributed by atoms with Crippen LogP contribution in [0, 0.1) is 6.92 Å². The molecule has 1 aromatic carbocycles. The zero-order valence-corrected chi connectivity index (χ0v) is 9.97. The van der Waals surface area contributed by atoms with Gasteiger partial charge in [0.1, 0.15) is 5.82 Å². The first-order valence-corrected chi connectivity index (χ1v) is 5.41. The van der Waals surface area contributed by atoms with E-state index in [1.165, 1.54) is 6.07 Å². The first-order chi connectivity index (χ1) is 8.41. The van der Waals surface area contributed by atoms with E-state index in [1.807, 2.05) is 0 Å². The van der Waals surface area contributed by atoms with Gasteiger partial charge >= 0.3 is 6.18 Å². The number of nitrogens with zero attached hydrogens (tertiary/aromatic N) is 2. The summed E-state index contributed by atoms with van der Waals surface area (Å²) in [7, 11) is 1.73. The fourth-order valence-electron chi connectivity index (χ4n) is 1.76. The molecule has 0 aliphatic rings. The van der Waals surface area contributed by atoms with E-state index in [0.717, 1.165) is 12.1 Å². The summed E-state index contributed by atoms with van der Waals surface area (Å²) in [4.78, 5) is 8.35. The predicted molar refractivity (Wildman–Crippen MR) is 62.0 cm³/mol. The maximum absolute atomic E-state index is 12.6. The van der Waals surface area contributed by atoms with Gasteiger partial charge in [-0.1, -0.05) is 6.07 Å². The number of alkyl halides is 3. The molecule has 96 valence electrons. The van der Waals surface area contributed by atoms with Gasteiger partial charge in [0.25, 0.3) is 0 Å². The maximum Gasteiger partial charge on any atom is 0.416 e. The molecule has 0 aliphatic heterocycles. The van der Waals surface area contributed by atoms with Crippen LogP contribution in [0.25, 0.3) is 10.9 Å². The van der Waals surface area contributed by atoms with Crippen molar-refractivity contribution in [2.24, 2.45) is 0 Å². The highest BCUT2D eigenvalue weighted by molar-refractivity contribution is 5.81. The largest absolute Gasteiger partial charge is 0.416 e. The van der Waals surface area contributed by atoms with E-state index in [1.54, 1.807) is 14.0 Å². The Bertz CT molecular complexity index is 579. The molecule has 1 N–H and O–H groups in total. The highest BCUT2D eigenvalue weighted by Gasteiger charge is 2.30. The number of fused-ring (bicyclic) bond motifs is 1. The molecule has 0 saturated heterocycles. The minimum absolute atomic E-state index is 0.322. The average molecular weight is 255 g/mol. The summed E-state index contributed by atoms with van der Waals surface area (Å²) < 4.78 is 37.8. The standard InChI is InChI=1S/C12H12F3N3/c1-7-9-4-3-8(12(13,14)15)5-10(9)18-11(17-7)6-16-2/h3-5,16H,6H2,1-2H3. The highest BCUT2D eigenvalue weighted by Crippen LogP contribution is 2.31. The van der Waals surface area contributed by atoms with Crippen LogP contribution in [0.5, 0.6) is 0 Å². The van der Waals surface area contributed by atoms with Crippen LogP contribution in [0.3, 0.4) is 0 Å². The van der Waals surface area contributed by atoms with Crippen LogP contribution in [0.15, 0.2) is 18.2 Å². The minimum Gasteiger partial charge on any atom is -0.313 e. The molecular formula is C12H12F3N3. The van der Waals surface area contributed by atoms with Crippen LogP contribution in [-0.4, -0.2) is 17.0 Å². The van der Waals surface area contributed by atoms with E-state index >= 15 is 0 Å². The molecule has 0 spiro atoms. The molecule has 1 aromatic heterocycles. The predicted octanol–water partition coefficient (Wildman–Crippen LogP) is 2.68. The van der Waals surface area contributed by atoms with Crippen molar-refractivity contribution in [3.05, 3.63) is 35.3 Å². The lowest BCUT2D eigenvalue weighted by Crippen LogP contribution is -2.10. The average Bonchev–Trinajstić information content (AvgIpc) is 2.27. The van der Waals surface area contributed by atoms with Crippen LogP contribution in [0.4, 0.5) is 13.2 Å². The molecule has 18 heavy (non-hydrogen) atoms. The Morgan fingerprint density at radius 1 is 1.22 bits per heavy atom. The summed E-state index contributed by atoms with van der Waals surface area (Å²) in [5.41, 5.74) is 0.310. The van der Waals surface area contributed by atoms with E-state index in [0.29, 0.717) is 29.0 Å². The van der Waals surface area contributed by atoms with Crippen molar-refractivity contribution < 1.29 is 13.2 Å². The van der Waals surface area contributed by atoms with E-state index in [-0.39, 0.29) is 0 Å². The second kappa shape index (κ2) is 4.53. The molecule has 2 aromatic rings. The molecule has 0 saturated carbocycles. The van der Waals surface area contributed by atoms with Gasteiger partial charge in [0.2, 0.25) is 0 Å².